The lowest BCUT2D eigenvalue weighted by Gasteiger charge is -2.23. The van der Waals surface area contributed by atoms with Gasteiger partial charge in [-0.2, -0.15) is 0 Å². The second-order valence-corrected chi connectivity index (χ2v) is 9.42. The van der Waals surface area contributed by atoms with E-state index in [-0.39, 0.29) is 24.0 Å². The highest BCUT2D eigenvalue weighted by Crippen LogP contribution is 2.13. The predicted octanol–water partition coefficient (Wildman–Crippen LogP) is 5.01. The molecule has 3 heteroatoms. The topological polar surface area (TPSA) is 0 Å². The Bertz CT molecular complexity index is 292. The summed E-state index contributed by atoms with van der Waals surface area (Å²) in [5, 5.41) is 0. The summed E-state index contributed by atoms with van der Waals surface area (Å²) in [4.78, 5) is 0. The molecule has 0 aromatic carbocycles. The Morgan fingerprint density at radius 2 is 0.889 bits per heavy atom. The van der Waals surface area contributed by atoms with Gasteiger partial charge >= 0.3 is 0 Å². The smallest absolute Gasteiger partial charge is 0.0780 e. The number of terminal acetylenes is 1. The van der Waals surface area contributed by atoms with Gasteiger partial charge in [0.15, 0.2) is 0 Å². The van der Waals surface area contributed by atoms with Crippen LogP contribution < -0.4 is 24.0 Å². The Labute approximate surface area is 204 Å². The van der Waals surface area contributed by atoms with Gasteiger partial charge in [0, 0.05) is 0 Å². The molecule has 0 unspecified atom stereocenters. The number of unbranched alkanes of at least 4 members (excludes halogenated alkanes) is 15. The van der Waals surface area contributed by atoms with Crippen molar-refractivity contribution in [1.29, 1.82) is 0 Å². The molecule has 0 saturated carbocycles. The Hall–Kier alpha value is 0.980. The van der Waals surface area contributed by atoms with Crippen LogP contribution in [-0.2, 0) is 0 Å². The van der Waals surface area contributed by atoms with Crippen LogP contribution >= 0.6 is 22.6 Å². The van der Waals surface area contributed by atoms with E-state index in [1.165, 1.54) is 109 Å². The van der Waals surface area contributed by atoms with E-state index >= 15 is 0 Å². The first-order valence-electron chi connectivity index (χ1n) is 11.3. The fourth-order valence-corrected chi connectivity index (χ4v) is 3.13. The average molecular weight is 605 g/mol. The van der Waals surface area contributed by atoms with Crippen LogP contribution in [0.1, 0.15) is 110 Å². The predicted molar refractivity (Wildman–Crippen MR) is 130 cm³/mol. The first-order chi connectivity index (χ1) is 12.5. The van der Waals surface area contributed by atoms with Crippen LogP contribution in [0.4, 0.5) is 0 Å². The molecule has 27 heavy (non-hydrogen) atoms. The van der Waals surface area contributed by atoms with Gasteiger partial charge in [-0.3, -0.25) is 0 Å². The molecule has 0 aliphatic rings. The molecule has 0 spiro atoms. The lowest BCUT2D eigenvalue weighted by Crippen LogP contribution is -3.00. The molecule has 0 aromatic heterocycles. The Morgan fingerprint density at radius 1 is 0.630 bits per heavy atom. The molecule has 0 aromatic rings. The summed E-state index contributed by atoms with van der Waals surface area (Å²) in [7, 11) is 6.89. The fraction of sp³-hybridized carbons (Fsp3) is 0.917. The summed E-state index contributed by atoms with van der Waals surface area (Å²) in [6.07, 6.45) is 28.1. The number of halogens is 2. The maximum atomic E-state index is 4.77. The van der Waals surface area contributed by atoms with Crippen LogP contribution in [0.3, 0.4) is 0 Å². The van der Waals surface area contributed by atoms with Crippen molar-refractivity contribution < 1.29 is 28.5 Å². The maximum Gasteiger partial charge on any atom is 0.0780 e. The highest BCUT2D eigenvalue weighted by atomic mass is 127. The van der Waals surface area contributed by atoms with E-state index in [4.69, 9.17) is 6.42 Å². The molecule has 0 saturated heterocycles. The van der Waals surface area contributed by atoms with Crippen molar-refractivity contribution in [2.24, 2.45) is 0 Å². The molecule has 0 bridgehead atoms. The summed E-state index contributed by atoms with van der Waals surface area (Å²) in [6, 6.07) is 0. The number of hydrogen-bond acceptors (Lipinski definition) is 0. The first-order valence-corrected chi connectivity index (χ1v) is 12.8. The Kier molecular flexibility index (Phi) is 32.6. The van der Waals surface area contributed by atoms with E-state index < -0.39 is 0 Å². The van der Waals surface area contributed by atoms with E-state index in [2.05, 4.69) is 56.6 Å². The number of nitrogens with zero attached hydrogens (tertiary/aromatic N) is 1. The lowest BCUT2D eigenvalue weighted by atomic mass is 10.0. The monoisotopic (exact) mass is 605 g/mol. The third kappa shape index (κ3) is 38.2. The summed E-state index contributed by atoms with van der Waals surface area (Å²) in [5.74, 6) is 2.42. The van der Waals surface area contributed by atoms with Crippen LogP contribution in [0.15, 0.2) is 0 Å². The molecule has 0 rings (SSSR count). The van der Waals surface area contributed by atoms with Crippen molar-refractivity contribution in [2.45, 2.75) is 110 Å². The summed E-state index contributed by atoms with van der Waals surface area (Å²) in [5.41, 5.74) is 0. The zero-order valence-electron chi connectivity index (χ0n) is 19.0. The quantitative estimate of drug-likeness (QED) is 0.0720. The molecule has 0 fully saturated rings. The van der Waals surface area contributed by atoms with Crippen molar-refractivity contribution in [2.75, 3.05) is 32.1 Å². The minimum Gasteiger partial charge on any atom is -1.00 e. The largest absolute Gasteiger partial charge is 1.00 e. The van der Waals surface area contributed by atoms with E-state index in [0.29, 0.717) is 0 Å². The molecule has 0 atom stereocenters. The second kappa shape index (κ2) is 27.0. The Morgan fingerprint density at radius 3 is 1.11 bits per heavy atom. The highest BCUT2D eigenvalue weighted by molar-refractivity contribution is 14.1. The molecule has 1 nitrogen and oxygen atoms in total. The number of hydrogen-bond donors (Lipinski definition) is 0. The van der Waals surface area contributed by atoms with Gasteiger partial charge in [0.2, 0.25) is 0 Å². The number of quaternary nitrogens is 1. The van der Waals surface area contributed by atoms with Crippen LogP contribution in [0.2, 0.25) is 0 Å². The van der Waals surface area contributed by atoms with Crippen molar-refractivity contribution >= 4 is 22.6 Å². The summed E-state index contributed by atoms with van der Waals surface area (Å²) >= 11 is 2.12. The normalized spacial score (nSPS) is 10.5. The average Bonchev–Trinajstić information content (AvgIpc) is 2.60. The van der Waals surface area contributed by atoms with Crippen molar-refractivity contribution in [3.05, 3.63) is 0 Å². The zero-order valence-corrected chi connectivity index (χ0v) is 23.3. The zero-order chi connectivity index (χ0) is 19.9. The van der Waals surface area contributed by atoms with Gasteiger partial charge < -0.3 is 28.5 Å². The van der Waals surface area contributed by atoms with Crippen molar-refractivity contribution in [1.82, 2.24) is 0 Å². The summed E-state index contributed by atoms with van der Waals surface area (Å²) < 4.78 is 1.94. The van der Waals surface area contributed by atoms with Crippen LogP contribution in [0, 0.1) is 12.3 Å². The van der Waals surface area contributed by atoms with Gasteiger partial charge in [-0.15, -0.1) is 6.42 Å². The van der Waals surface area contributed by atoms with Gasteiger partial charge in [0.05, 0.1) is 32.1 Å². The van der Waals surface area contributed by atoms with E-state index in [1.807, 2.05) is 0 Å². The van der Waals surface area contributed by atoms with Crippen molar-refractivity contribution in [3.63, 3.8) is 0 Å². The SMILES string of the molecule is C#CCI.CCCCCCCCCCCCCCCCCC[N+](C)(C)C.[I-]. The Balaban J connectivity index is -0.00000104. The highest BCUT2D eigenvalue weighted by Gasteiger charge is 2.04. The molecule has 0 amide bonds. The van der Waals surface area contributed by atoms with Gasteiger partial charge in [-0.25, -0.2) is 0 Å². The minimum absolute atomic E-state index is 0. The minimum atomic E-state index is 0. The molecule has 0 N–H and O–H groups in total. The number of alkyl halides is 1. The van der Waals surface area contributed by atoms with Crippen LogP contribution in [-0.4, -0.2) is 36.6 Å². The lowest BCUT2D eigenvalue weighted by molar-refractivity contribution is -0.870. The van der Waals surface area contributed by atoms with Gasteiger partial charge in [-0.05, 0) is 12.8 Å². The molecular formula is C24H49I2N. The number of rotatable bonds is 17. The van der Waals surface area contributed by atoms with Crippen LogP contribution in [0.25, 0.3) is 0 Å². The van der Waals surface area contributed by atoms with E-state index in [0.717, 1.165) is 8.91 Å². The first kappa shape index (κ1) is 32.6. The van der Waals surface area contributed by atoms with E-state index in [9.17, 15) is 0 Å². The van der Waals surface area contributed by atoms with Gasteiger partial charge in [0.1, 0.15) is 0 Å². The van der Waals surface area contributed by atoms with Gasteiger partial charge in [-0.1, -0.05) is 125 Å². The molecule has 0 aliphatic heterocycles. The van der Waals surface area contributed by atoms with Crippen LogP contribution in [0.5, 0.6) is 0 Å². The molecule has 164 valence electrons. The molecule has 0 radical (unpaired) electrons. The second-order valence-electron chi connectivity index (χ2n) is 8.65. The standard InChI is InChI=1S/C21H46N.C3H3I.HI/c1-5-6-7-8-9-10-11-12-13-14-15-16-17-18-19-20-21-22(2,3)4;1-2-3-4;/h5-21H2,1-4H3;1H,3H2;1H/q+1;;/p-1. The van der Waals surface area contributed by atoms with E-state index in [1.54, 1.807) is 0 Å². The molecular weight excluding hydrogens is 556 g/mol. The third-order valence-electron chi connectivity index (χ3n) is 4.76. The molecule has 0 heterocycles. The third-order valence-corrected chi connectivity index (χ3v) is 5.20. The molecule has 0 aliphatic carbocycles. The maximum absolute atomic E-state index is 4.77. The van der Waals surface area contributed by atoms with Gasteiger partial charge in [0.25, 0.3) is 0 Å². The summed E-state index contributed by atoms with van der Waals surface area (Å²) in [6.45, 7) is 3.63. The van der Waals surface area contributed by atoms with Crippen molar-refractivity contribution in [3.8, 4) is 12.3 Å². The fourth-order valence-electron chi connectivity index (χ4n) is 3.13.